The van der Waals surface area contributed by atoms with Gasteiger partial charge in [0.2, 0.25) is 15.9 Å². The SMILES string of the molecule is COCCN(CC1CC1C)c1cc(-c2ncc([C@@](C)(Cc3ccccc3)NC(=O)O)o2)cc(N(C)S(C)(=O)=O)n1. The molecule has 0 spiro atoms. The number of pyridine rings is 1. The molecule has 1 aliphatic rings. The highest BCUT2D eigenvalue weighted by Gasteiger charge is 2.35. The van der Waals surface area contributed by atoms with Crippen LogP contribution in [0.1, 0.15) is 31.6 Å². The van der Waals surface area contributed by atoms with Crippen LogP contribution in [0.15, 0.2) is 53.1 Å². The Hall–Kier alpha value is -3.64. The number of benzene rings is 1. The number of oxazole rings is 1. The van der Waals surface area contributed by atoms with Crippen molar-refractivity contribution in [2.24, 2.45) is 11.8 Å². The molecule has 11 nitrogen and oxygen atoms in total. The van der Waals surface area contributed by atoms with Crippen molar-refractivity contribution < 1.29 is 27.5 Å². The molecule has 2 heterocycles. The lowest BCUT2D eigenvalue weighted by atomic mass is 9.91. The van der Waals surface area contributed by atoms with Crippen molar-refractivity contribution in [1.29, 1.82) is 0 Å². The highest BCUT2D eigenvalue weighted by molar-refractivity contribution is 7.92. The first-order valence-electron chi connectivity index (χ1n) is 13.1. The van der Waals surface area contributed by atoms with Crippen LogP contribution in [-0.4, -0.2) is 69.7 Å². The summed E-state index contributed by atoms with van der Waals surface area (Å²) in [4.78, 5) is 23.0. The van der Waals surface area contributed by atoms with Crippen molar-refractivity contribution >= 4 is 27.8 Å². The number of hydrogen-bond donors (Lipinski definition) is 2. The van der Waals surface area contributed by atoms with Crippen molar-refractivity contribution in [2.45, 2.75) is 32.2 Å². The van der Waals surface area contributed by atoms with Crippen LogP contribution in [0.5, 0.6) is 0 Å². The first kappa shape index (κ1) is 29.3. The van der Waals surface area contributed by atoms with Crippen LogP contribution >= 0.6 is 0 Å². The second-order valence-corrected chi connectivity index (χ2v) is 12.7. The van der Waals surface area contributed by atoms with Crippen molar-refractivity contribution in [3.63, 3.8) is 0 Å². The van der Waals surface area contributed by atoms with E-state index in [-0.39, 0.29) is 11.7 Å². The molecule has 0 saturated heterocycles. The molecule has 1 aliphatic carbocycles. The number of amides is 1. The molecule has 2 N–H and O–H groups in total. The largest absolute Gasteiger partial charge is 0.465 e. The lowest BCUT2D eigenvalue weighted by molar-refractivity contribution is 0.174. The van der Waals surface area contributed by atoms with Crippen LogP contribution in [0.25, 0.3) is 11.5 Å². The smallest absolute Gasteiger partial charge is 0.405 e. The molecule has 4 rings (SSSR count). The molecular formula is C28H37N5O6S. The Morgan fingerprint density at radius 1 is 1.25 bits per heavy atom. The first-order chi connectivity index (χ1) is 18.9. The molecule has 0 bridgehead atoms. The average molecular weight is 572 g/mol. The summed E-state index contributed by atoms with van der Waals surface area (Å²) < 4.78 is 37.5. The van der Waals surface area contributed by atoms with Gasteiger partial charge >= 0.3 is 6.09 Å². The van der Waals surface area contributed by atoms with Gasteiger partial charge in [-0.15, -0.1) is 0 Å². The Morgan fingerprint density at radius 3 is 2.52 bits per heavy atom. The summed E-state index contributed by atoms with van der Waals surface area (Å²) in [5, 5.41) is 12.2. The topological polar surface area (TPSA) is 138 Å². The fourth-order valence-corrected chi connectivity index (χ4v) is 5.08. The Bertz CT molecular complexity index is 1430. The van der Waals surface area contributed by atoms with Crippen molar-refractivity contribution in [3.8, 4) is 11.5 Å². The highest BCUT2D eigenvalue weighted by atomic mass is 32.2. The van der Waals surface area contributed by atoms with E-state index in [1.54, 1.807) is 20.1 Å². The van der Waals surface area contributed by atoms with Crippen molar-refractivity contribution in [3.05, 3.63) is 60.0 Å². The summed E-state index contributed by atoms with van der Waals surface area (Å²) in [6.45, 7) is 5.76. The molecule has 2 aromatic heterocycles. The molecule has 40 heavy (non-hydrogen) atoms. The lowest BCUT2D eigenvalue weighted by Crippen LogP contribution is -2.44. The highest BCUT2D eigenvalue weighted by Crippen LogP contribution is 2.39. The van der Waals surface area contributed by atoms with Gasteiger partial charge < -0.3 is 24.5 Å². The number of carboxylic acid groups (broad SMARTS) is 1. The number of nitrogens with one attached hydrogen (secondary N) is 1. The number of hydrogen-bond acceptors (Lipinski definition) is 8. The van der Waals surface area contributed by atoms with Gasteiger partial charge in [-0.2, -0.15) is 0 Å². The van der Waals surface area contributed by atoms with Gasteiger partial charge in [-0.1, -0.05) is 37.3 Å². The molecule has 0 radical (unpaired) electrons. The van der Waals surface area contributed by atoms with E-state index >= 15 is 0 Å². The Balaban J connectivity index is 1.76. The zero-order valence-corrected chi connectivity index (χ0v) is 24.3. The summed E-state index contributed by atoms with van der Waals surface area (Å²) in [6, 6.07) is 12.9. The number of anilines is 2. The van der Waals surface area contributed by atoms with Gasteiger partial charge in [-0.25, -0.2) is 23.2 Å². The minimum Gasteiger partial charge on any atom is -0.465 e. The van der Waals surface area contributed by atoms with Crippen LogP contribution in [0.4, 0.5) is 16.4 Å². The van der Waals surface area contributed by atoms with Crippen LogP contribution in [-0.2, 0) is 26.7 Å². The molecule has 12 heteroatoms. The zero-order chi connectivity index (χ0) is 29.1. The molecule has 3 aromatic rings. The van der Waals surface area contributed by atoms with Crippen molar-refractivity contribution in [1.82, 2.24) is 15.3 Å². The van der Waals surface area contributed by atoms with E-state index in [0.717, 1.165) is 29.1 Å². The summed E-state index contributed by atoms with van der Waals surface area (Å²) in [5.41, 5.74) is 0.334. The monoisotopic (exact) mass is 571 g/mol. The van der Waals surface area contributed by atoms with Crippen LogP contribution in [0.3, 0.4) is 0 Å². The number of carbonyl (C=O) groups is 1. The summed E-state index contributed by atoms with van der Waals surface area (Å²) in [5.74, 6) is 2.48. The molecule has 1 aromatic carbocycles. The van der Waals surface area contributed by atoms with Gasteiger partial charge in [0, 0.05) is 39.2 Å². The maximum Gasteiger partial charge on any atom is 0.405 e. The number of ether oxygens (including phenoxy) is 1. The Kier molecular flexibility index (Phi) is 8.69. The summed E-state index contributed by atoms with van der Waals surface area (Å²) >= 11 is 0. The summed E-state index contributed by atoms with van der Waals surface area (Å²) in [6.07, 6.45) is 2.89. The lowest BCUT2D eigenvalue weighted by Gasteiger charge is -2.27. The first-order valence-corrected chi connectivity index (χ1v) is 15.0. The van der Waals surface area contributed by atoms with Gasteiger partial charge in [0.1, 0.15) is 17.2 Å². The molecule has 1 amide bonds. The molecule has 1 fully saturated rings. The minimum atomic E-state index is -3.60. The fourth-order valence-electron chi connectivity index (χ4n) is 4.65. The van der Waals surface area contributed by atoms with Gasteiger partial charge in [-0.05, 0) is 42.9 Å². The predicted molar refractivity (Wildman–Crippen MR) is 153 cm³/mol. The molecule has 0 aliphatic heterocycles. The number of rotatable bonds is 13. The Labute approximate surface area is 235 Å². The van der Waals surface area contributed by atoms with E-state index < -0.39 is 21.7 Å². The van der Waals surface area contributed by atoms with Crippen molar-refractivity contribution in [2.75, 3.05) is 49.3 Å². The fraction of sp³-hybridized carbons (Fsp3) is 0.464. The van der Waals surface area contributed by atoms with Crippen LogP contribution < -0.4 is 14.5 Å². The number of nitrogens with zero attached hydrogens (tertiary/aromatic N) is 4. The molecule has 2 unspecified atom stereocenters. The third-order valence-corrected chi connectivity index (χ3v) is 8.50. The summed E-state index contributed by atoms with van der Waals surface area (Å²) in [7, 11) is -0.516. The molecule has 3 atom stereocenters. The molecular weight excluding hydrogens is 534 g/mol. The Morgan fingerprint density at radius 2 is 1.93 bits per heavy atom. The second kappa shape index (κ2) is 11.8. The predicted octanol–water partition coefficient (Wildman–Crippen LogP) is 3.97. The van der Waals surface area contributed by atoms with E-state index in [4.69, 9.17) is 14.1 Å². The number of methoxy groups -OCH3 is 1. The van der Waals surface area contributed by atoms with Gasteiger partial charge in [0.25, 0.3) is 0 Å². The van der Waals surface area contributed by atoms with Crippen LogP contribution in [0, 0.1) is 11.8 Å². The van der Waals surface area contributed by atoms with Gasteiger partial charge in [-0.3, -0.25) is 4.31 Å². The van der Waals surface area contributed by atoms with E-state index in [9.17, 15) is 18.3 Å². The van der Waals surface area contributed by atoms with E-state index in [1.165, 1.54) is 13.2 Å². The van der Waals surface area contributed by atoms with Gasteiger partial charge in [0.05, 0.1) is 19.1 Å². The zero-order valence-electron chi connectivity index (χ0n) is 23.5. The van der Waals surface area contributed by atoms with E-state index in [1.807, 2.05) is 36.4 Å². The number of aromatic nitrogens is 2. The maximum atomic E-state index is 12.4. The quantitative estimate of drug-likeness (QED) is 0.312. The van der Waals surface area contributed by atoms with Gasteiger partial charge in [0.15, 0.2) is 5.76 Å². The average Bonchev–Trinajstić information content (AvgIpc) is 3.35. The third-order valence-electron chi connectivity index (χ3n) is 7.32. The number of sulfonamides is 1. The standard InChI is InChI=1S/C28H37N5O6S/c1-19-13-22(19)18-33(11-12-38-4)25-15-21(14-24(30-25)32(3)40(5,36)37)26-29-17-23(39-26)28(2,31-27(34)35)16-20-9-7-6-8-10-20/h6-10,14-15,17,19,22,31H,11-13,16,18H2,1-5H3,(H,34,35)/t19?,22?,28-/m1/s1. The maximum absolute atomic E-state index is 12.4. The van der Waals surface area contributed by atoms with Crippen LogP contribution in [0.2, 0.25) is 0 Å². The normalized spacial score (nSPS) is 18.1. The minimum absolute atomic E-state index is 0.219. The molecule has 216 valence electrons. The molecule has 1 saturated carbocycles. The third kappa shape index (κ3) is 7.11. The van der Waals surface area contributed by atoms with E-state index in [0.29, 0.717) is 48.5 Å². The second-order valence-electron chi connectivity index (χ2n) is 10.7. The van der Waals surface area contributed by atoms with E-state index in [2.05, 4.69) is 22.1 Å².